The van der Waals surface area contributed by atoms with E-state index in [1.807, 2.05) is 0 Å². The van der Waals surface area contributed by atoms with E-state index >= 15 is 0 Å². The highest BCUT2D eigenvalue weighted by molar-refractivity contribution is 7.99. The van der Waals surface area contributed by atoms with Gasteiger partial charge in [-0.15, -0.1) is 0 Å². The van der Waals surface area contributed by atoms with Crippen LogP contribution >= 0.6 is 23.4 Å². The van der Waals surface area contributed by atoms with E-state index in [9.17, 15) is 13.6 Å². The molecular formula is C16H12ClF2N3OS. The Balaban J connectivity index is 1.63. The summed E-state index contributed by atoms with van der Waals surface area (Å²) in [5.41, 5.74) is 1.83. The van der Waals surface area contributed by atoms with Crippen LogP contribution in [0, 0.1) is 0 Å². The number of carbonyl (C=O) groups is 1. The van der Waals surface area contributed by atoms with Gasteiger partial charge in [-0.25, -0.2) is 4.98 Å². The molecule has 124 valence electrons. The molecule has 2 heterocycles. The van der Waals surface area contributed by atoms with E-state index in [4.69, 9.17) is 11.6 Å². The fourth-order valence-corrected chi connectivity index (χ4v) is 2.83. The van der Waals surface area contributed by atoms with E-state index < -0.39 is 5.76 Å². The Bertz CT molecular complexity index is 867. The maximum absolute atomic E-state index is 12.3. The number of fused-ring (bicyclic) bond motifs is 1. The average Bonchev–Trinajstić information content (AvgIpc) is 2.94. The van der Waals surface area contributed by atoms with Gasteiger partial charge in [-0.2, -0.15) is 8.78 Å². The minimum Gasteiger partial charge on any atom is -0.346 e. The number of alkyl halides is 2. The van der Waals surface area contributed by atoms with Crippen LogP contribution in [0.5, 0.6) is 0 Å². The number of carbonyl (C=O) groups excluding carboxylic acids is 1. The summed E-state index contributed by atoms with van der Waals surface area (Å²) in [6, 6.07) is 9.56. The van der Waals surface area contributed by atoms with Gasteiger partial charge in [0.15, 0.2) is 0 Å². The lowest BCUT2D eigenvalue weighted by Gasteiger charge is -2.04. The molecule has 1 amide bonds. The van der Waals surface area contributed by atoms with Gasteiger partial charge < -0.3 is 9.72 Å². The largest absolute Gasteiger partial charge is 0.346 e. The van der Waals surface area contributed by atoms with Gasteiger partial charge in [-0.1, -0.05) is 23.4 Å². The Kier molecular flexibility index (Phi) is 5.01. The highest BCUT2D eigenvalue weighted by Gasteiger charge is 2.09. The molecule has 0 radical (unpaired) electrons. The van der Waals surface area contributed by atoms with Crippen molar-refractivity contribution in [2.45, 2.75) is 17.2 Å². The second-order valence-electron chi connectivity index (χ2n) is 4.93. The van der Waals surface area contributed by atoms with Crippen molar-refractivity contribution in [3.05, 3.63) is 65.1 Å². The van der Waals surface area contributed by atoms with E-state index in [0.717, 1.165) is 5.65 Å². The summed E-state index contributed by atoms with van der Waals surface area (Å²) in [6.07, 6.45) is 3.51. The average molecular weight is 368 g/mol. The highest BCUT2D eigenvalue weighted by Crippen LogP contribution is 2.25. The van der Waals surface area contributed by atoms with Crippen molar-refractivity contribution in [3.63, 3.8) is 0 Å². The highest BCUT2D eigenvalue weighted by atomic mass is 35.5. The van der Waals surface area contributed by atoms with E-state index in [2.05, 4.69) is 10.3 Å². The third-order valence-corrected chi connectivity index (χ3v) is 4.18. The van der Waals surface area contributed by atoms with Crippen molar-refractivity contribution < 1.29 is 13.6 Å². The number of nitrogens with one attached hydrogen (secondary N) is 1. The quantitative estimate of drug-likeness (QED) is 0.686. The molecule has 4 nitrogen and oxygen atoms in total. The zero-order valence-electron chi connectivity index (χ0n) is 12.2. The summed E-state index contributed by atoms with van der Waals surface area (Å²) in [4.78, 5) is 16.9. The predicted octanol–water partition coefficient (Wildman–Crippen LogP) is 4.23. The zero-order valence-corrected chi connectivity index (χ0v) is 13.8. The van der Waals surface area contributed by atoms with Gasteiger partial charge in [-0.3, -0.25) is 4.79 Å². The Labute approximate surface area is 145 Å². The number of halogens is 3. The van der Waals surface area contributed by atoms with Crippen molar-refractivity contribution in [1.82, 2.24) is 14.7 Å². The Hall–Kier alpha value is -2.12. The molecular weight excluding hydrogens is 356 g/mol. The van der Waals surface area contributed by atoms with Gasteiger partial charge in [0.05, 0.1) is 17.3 Å². The van der Waals surface area contributed by atoms with Crippen LogP contribution in [-0.2, 0) is 6.54 Å². The number of amides is 1. The molecule has 0 unspecified atom stereocenters. The topological polar surface area (TPSA) is 46.4 Å². The van der Waals surface area contributed by atoms with Crippen molar-refractivity contribution in [2.75, 3.05) is 0 Å². The number of pyridine rings is 1. The smallest absolute Gasteiger partial charge is 0.288 e. The lowest BCUT2D eigenvalue weighted by Crippen LogP contribution is -2.22. The first-order chi connectivity index (χ1) is 11.5. The molecule has 2 aromatic heterocycles. The van der Waals surface area contributed by atoms with Crippen LogP contribution < -0.4 is 5.32 Å². The van der Waals surface area contributed by atoms with Crippen molar-refractivity contribution in [3.8, 4) is 0 Å². The van der Waals surface area contributed by atoms with E-state index in [0.29, 0.717) is 32.9 Å². The predicted molar refractivity (Wildman–Crippen MR) is 89.7 cm³/mol. The molecule has 3 rings (SSSR count). The standard InChI is InChI=1S/C16H12ClF2N3OS/c17-11-3-6-14-21-12(9-22(14)8-11)7-20-15(23)10-1-4-13(5-2-10)24-16(18)19/h1-6,8-9,16H,7H2,(H,20,23). The molecule has 0 saturated heterocycles. The molecule has 0 aliphatic heterocycles. The maximum Gasteiger partial charge on any atom is 0.288 e. The number of hydrogen-bond acceptors (Lipinski definition) is 3. The molecule has 0 aliphatic rings. The van der Waals surface area contributed by atoms with Gasteiger partial charge in [0, 0.05) is 22.9 Å². The van der Waals surface area contributed by atoms with Gasteiger partial charge >= 0.3 is 0 Å². The molecule has 1 N–H and O–H groups in total. The normalized spacial score (nSPS) is 11.2. The second-order valence-corrected chi connectivity index (χ2v) is 6.43. The molecule has 0 saturated carbocycles. The number of aromatic nitrogens is 2. The lowest BCUT2D eigenvalue weighted by atomic mass is 10.2. The van der Waals surface area contributed by atoms with Crippen LogP contribution in [0.4, 0.5) is 8.78 Å². The lowest BCUT2D eigenvalue weighted by molar-refractivity contribution is 0.0950. The first-order valence-electron chi connectivity index (χ1n) is 6.97. The minimum absolute atomic E-state index is 0.256. The van der Waals surface area contributed by atoms with Crippen LogP contribution in [0.3, 0.4) is 0 Å². The Morgan fingerprint density at radius 2 is 1.96 bits per heavy atom. The molecule has 0 bridgehead atoms. The SMILES string of the molecule is O=C(NCc1cn2cc(Cl)ccc2n1)c1ccc(SC(F)F)cc1. The summed E-state index contributed by atoms with van der Waals surface area (Å²) < 4.78 is 26.3. The first kappa shape index (κ1) is 16.7. The maximum atomic E-state index is 12.3. The second kappa shape index (κ2) is 7.19. The summed E-state index contributed by atoms with van der Waals surface area (Å²) in [5.74, 6) is -2.77. The van der Waals surface area contributed by atoms with E-state index in [1.54, 1.807) is 28.9 Å². The molecule has 0 fully saturated rings. The van der Waals surface area contributed by atoms with Crippen molar-refractivity contribution >= 4 is 34.9 Å². The van der Waals surface area contributed by atoms with Gasteiger partial charge in [0.1, 0.15) is 5.65 Å². The fraction of sp³-hybridized carbons (Fsp3) is 0.125. The molecule has 1 aromatic carbocycles. The van der Waals surface area contributed by atoms with E-state index in [-0.39, 0.29) is 12.5 Å². The van der Waals surface area contributed by atoms with Gasteiger partial charge in [0.2, 0.25) is 0 Å². The third kappa shape index (κ3) is 4.04. The number of rotatable bonds is 5. The molecule has 24 heavy (non-hydrogen) atoms. The number of nitrogens with zero attached hydrogens (tertiary/aromatic N) is 2. The first-order valence-corrected chi connectivity index (χ1v) is 8.23. The van der Waals surface area contributed by atoms with Crippen molar-refractivity contribution in [1.29, 1.82) is 0 Å². The third-order valence-electron chi connectivity index (χ3n) is 3.24. The summed E-state index contributed by atoms with van der Waals surface area (Å²) in [6.45, 7) is 0.256. The molecule has 0 spiro atoms. The van der Waals surface area contributed by atoms with E-state index in [1.165, 1.54) is 24.3 Å². The van der Waals surface area contributed by atoms with Gasteiger partial charge in [0.25, 0.3) is 11.7 Å². The summed E-state index contributed by atoms with van der Waals surface area (Å²) in [7, 11) is 0. The molecule has 0 atom stereocenters. The van der Waals surface area contributed by atoms with Crippen molar-refractivity contribution in [2.24, 2.45) is 0 Å². The number of thioether (sulfide) groups is 1. The Morgan fingerprint density at radius 1 is 1.21 bits per heavy atom. The van der Waals surface area contributed by atoms with Crippen LogP contribution in [0.25, 0.3) is 5.65 Å². The van der Waals surface area contributed by atoms with Crippen LogP contribution in [0.1, 0.15) is 16.1 Å². The van der Waals surface area contributed by atoms with Crippen LogP contribution in [-0.4, -0.2) is 21.0 Å². The molecule has 0 aliphatic carbocycles. The minimum atomic E-state index is -2.48. The van der Waals surface area contributed by atoms with Crippen LogP contribution in [0.15, 0.2) is 53.7 Å². The summed E-state index contributed by atoms with van der Waals surface area (Å²) in [5, 5.41) is 3.34. The monoisotopic (exact) mass is 367 g/mol. The fourth-order valence-electron chi connectivity index (χ4n) is 2.16. The number of imidazole rings is 1. The molecule has 8 heteroatoms. The Morgan fingerprint density at radius 3 is 2.67 bits per heavy atom. The summed E-state index contributed by atoms with van der Waals surface area (Å²) >= 11 is 6.36. The zero-order chi connectivity index (χ0) is 17.1. The number of hydrogen-bond donors (Lipinski definition) is 1. The van der Waals surface area contributed by atoms with Crippen LogP contribution in [0.2, 0.25) is 5.02 Å². The number of benzene rings is 1. The molecule has 3 aromatic rings. The van der Waals surface area contributed by atoms with Gasteiger partial charge in [-0.05, 0) is 36.4 Å².